The molecule has 1 aliphatic rings. The Kier molecular flexibility index (Phi) is 8.69. The maximum Gasteiger partial charge on any atom is 0.573 e. The standard InChI is InChI=1S/C28H26F3N3O3S/c1-2-3-4-9-25(35)34-16-14-20(15-17-34)27-33-24(18-38-27)26(36)32-23-8-6-5-7-22(23)19-10-12-21(13-11-19)37-28(29,30)31/h5-8,10-13,18,20H,2-3,14-17H2,1H3,(H,32,36). The molecule has 1 N–H and O–H groups in total. The van der Waals surface area contributed by atoms with E-state index in [1.807, 2.05) is 6.92 Å². The number of rotatable bonds is 6. The molecule has 0 atom stereocenters. The Balaban J connectivity index is 1.39. The van der Waals surface area contributed by atoms with Gasteiger partial charge < -0.3 is 15.0 Å². The zero-order chi connectivity index (χ0) is 27.1. The molecule has 0 spiro atoms. The van der Waals surface area contributed by atoms with Crippen LogP contribution in [-0.4, -0.2) is 41.2 Å². The first-order valence-corrected chi connectivity index (χ1v) is 13.1. The van der Waals surface area contributed by atoms with Gasteiger partial charge in [-0.05, 0) is 48.9 Å². The van der Waals surface area contributed by atoms with Crippen LogP contribution in [-0.2, 0) is 4.79 Å². The molecule has 3 aromatic rings. The Morgan fingerprint density at radius 2 is 1.84 bits per heavy atom. The maximum absolute atomic E-state index is 13.0. The quantitative estimate of drug-likeness (QED) is 0.363. The SMILES string of the molecule is CCCC#CC(=O)N1CCC(c2nc(C(=O)Nc3ccccc3-c3ccc(OC(F)(F)F)cc3)cs2)CC1. The van der Waals surface area contributed by atoms with Crippen molar-refractivity contribution in [3.05, 3.63) is 64.6 Å². The third kappa shape index (κ3) is 7.13. The third-order valence-electron chi connectivity index (χ3n) is 6.03. The minimum Gasteiger partial charge on any atom is -0.406 e. The molecule has 1 aliphatic heterocycles. The van der Waals surface area contributed by atoms with Crippen molar-refractivity contribution in [3.63, 3.8) is 0 Å². The van der Waals surface area contributed by atoms with Crippen LogP contribution in [0.15, 0.2) is 53.9 Å². The Bertz CT molecular complexity index is 1330. The number of halogens is 3. The Hall–Kier alpha value is -3.84. The van der Waals surface area contributed by atoms with E-state index in [0.717, 1.165) is 24.3 Å². The van der Waals surface area contributed by atoms with Crippen molar-refractivity contribution >= 4 is 28.8 Å². The van der Waals surface area contributed by atoms with Gasteiger partial charge in [0.2, 0.25) is 0 Å². The number of hydrogen-bond acceptors (Lipinski definition) is 5. The van der Waals surface area contributed by atoms with Gasteiger partial charge in [0.15, 0.2) is 0 Å². The lowest BCUT2D eigenvalue weighted by Crippen LogP contribution is -2.37. The first-order valence-electron chi connectivity index (χ1n) is 12.2. The van der Waals surface area contributed by atoms with Crippen LogP contribution in [0.3, 0.4) is 0 Å². The van der Waals surface area contributed by atoms with Gasteiger partial charge in [-0.1, -0.05) is 43.2 Å². The molecular formula is C28H26F3N3O3S. The lowest BCUT2D eigenvalue weighted by molar-refractivity contribution is -0.274. The van der Waals surface area contributed by atoms with Gasteiger partial charge in [0.1, 0.15) is 11.4 Å². The molecule has 0 aliphatic carbocycles. The number of likely N-dealkylation sites (tertiary alicyclic amines) is 1. The number of alkyl halides is 3. The molecule has 10 heteroatoms. The fraction of sp³-hybridized carbons (Fsp3) is 0.321. The number of anilines is 1. The summed E-state index contributed by atoms with van der Waals surface area (Å²) in [6, 6.07) is 12.5. The first kappa shape index (κ1) is 27.2. The van der Waals surface area contributed by atoms with E-state index in [-0.39, 0.29) is 29.2 Å². The highest BCUT2D eigenvalue weighted by molar-refractivity contribution is 7.10. The summed E-state index contributed by atoms with van der Waals surface area (Å²) in [6.45, 7) is 3.22. The van der Waals surface area contributed by atoms with E-state index in [1.54, 1.807) is 34.5 Å². The summed E-state index contributed by atoms with van der Waals surface area (Å²) in [5.41, 5.74) is 2.06. The van der Waals surface area contributed by atoms with E-state index in [4.69, 9.17) is 0 Å². The Labute approximate surface area is 222 Å². The second kappa shape index (κ2) is 12.1. The highest BCUT2D eigenvalue weighted by atomic mass is 32.1. The summed E-state index contributed by atoms with van der Waals surface area (Å²) in [5, 5.41) is 5.43. The fourth-order valence-electron chi connectivity index (χ4n) is 4.12. The van der Waals surface area contributed by atoms with Crippen LogP contribution in [0.5, 0.6) is 5.75 Å². The number of amides is 2. The Morgan fingerprint density at radius 1 is 1.13 bits per heavy atom. The number of carbonyl (C=O) groups is 2. The zero-order valence-corrected chi connectivity index (χ0v) is 21.5. The van der Waals surface area contributed by atoms with Crippen LogP contribution in [0.1, 0.15) is 54.0 Å². The van der Waals surface area contributed by atoms with Gasteiger partial charge in [0.25, 0.3) is 11.8 Å². The average Bonchev–Trinajstić information content (AvgIpc) is 3.40. The van der Waals surface area contributed by atoms with E-state index >= 15 is 0 Å². The van der Waals surface area contributed by atoms with Gasteiger partial charge in [-0.15, -0.1) is 24.5 Å². The zero-order valence-electron chi connectivity index (χ0n) is 20.7. The van der Waals surface area contributed by atoms with E-state index in [1.165, 1.54) is 35.6 Å². The molecule has 0 unspecified atom stereocenters. The third-order valence-corrected chi connectivity index (χ3v) is 7.04. The normalized spacial score (nSPS) is 13.9. The lowest BCUT2D eigenvalue weighted by Gasteiger charge is -2.29. The van der Waals surface area contributed by atoms with Crippen LogP contribution < -0.4 is 10.1 Å². The van der Waals surface area contributed by atoms with Crippen molar-refractivity contribution in [3.8, 4) is 28.7 Å². The van der Waals surface area contributed by atoms with E-state index in [0.29, 0.717) is 36.3 Å². The molecule has 1 aromatic heterocycles. The van der Waals surface area contributed by atoms with Gasteiger partial charge in [0.05, 0.1) is 5.01 Å². The predicted octanol–water partition coefficient (Wildman–Crippen LogP) is 6.47. The monoisotopic (exact) mass is 541 g/mol. The van der Waals surface area contributed by atoms with Crippen LogP contribution in [0.25, 0.3) is 11.1 Å². The molecule has 0 radical (unpaired) electrons. The molecule has 2 heterocycles. The van der Waals surface area contributed by atoms with Gasteiger partial charge in [-0.3, -0.25) is 9.59 Å². The smallest absolute Gasteiger partial charge is 0.406 e. The van der Waals surface area contributed by atoms with Gasteiger partial charge in [0, 0.05) is 42.1 Å². The van der Waals surface area contributed by atoms with Crippen LogP contribution >= 0.6 is 11.3 Å². The van der Waals surface area contributed by atoms with Crippen molar-refractivity contribution < 1.29 is 27.5 Å². The highest BCUT2D eigenvalue weighted by Crippen LogP contribution is 2.33. The molecule has 2 amide bonds. The molecule has 1 saturated heterocycles. The molecule has 0 bridgehead atoms. The van der Waals surface area contributed by atoms with Crippen LogP contribution in [0.2, 0.25) is 0 Å². The van der Waals surface area contributed by atoms with E-state index in [2.05, 4.69) is 26.9 Å². The van der Waals surface area contributed by atoms with Gasteiger partial charge in [-0.2, -0.15) is 0 Å². The molecule has 4 rings (SSSR count). The summed E-state index contributed by atoms with van der Waals surface area (Å²) in [6.07, 6.45) is -1.63. The highest BCUT2D eigenvalue weighted by Gasteiger charge is 2.31. The average molecular weight is 542 g/mol. The van der Waals surface area contributed by atoms with Crippen LogP contribution in [0.4, 0.5) is 18.9 Å². The summed E-state index contributed by atoms with van der Waals surface area (Å²) in [5.74, 6) is 4.91. The lowest BCUT2D eigenvalue weighted by atomic mass is 9.97. The summed E-state index contributed by atoms with van der Waals surface area (Å²) < 4.78 is 41.3. The van der Waals surface area contributed by atoms with E-state index < -0.39 is 6.36 Å². The number of piperidine rings is 1. The predicted molar refractivity (Wildman–Crippen MR) is 140 cm³/mol. The molecular weight excluding hydrogens is 515 g/mol. The van der Waals surface area contributed by atoms with Crippen molar-refractivity contribution in [1.29, 1.82) is 0 Å². The minimum absolute atomic E-state index is 0.141. The molecule has 0 saturated carbocycles. The Morgan fingerprint density at radius 3 is 2.53 bits per heavy atom. The number of aromatic nitrogens is 1. The molecule has 1 fully saturated rings. The number of unbranched alkanes of at least 4 members (excludes halogenated alkanes) is 1. The number of nitrogens with one attached hydrogen (secondary N) is 1. The van der Waals surface area contributed by atoms with Crippen molar-refractivity contribution in [1.82, 2.24) is 9.88 Å². The number of thiazole rings is 1. The van der Waals surface area contributed by atoms with Crippen molar-refractivity contribution in [2.75, 3.05) is 18.4 Å². The number of ether oxygens (including phenoxy) is 1. The van der Waals surface area contributed by atoms with Crippen molar-refractivity contribution in [2.24, 2.45) is 0 Å². The molecule has 38 heavy (non-hydrogen) atoms. The molecule has 198 valence electrons. The number of carbonyl (C=O) groups excluding carboxylic acids is 2. The first-order chi connectivity index (χ1) is 18.2. The van der Waals surface area contributed by atoms with Crippen molar-refractivity contribution in [2.45, 2.75) is 44.9 Å². The second-order valence-corrected chi connectivity index (χ2v) is 9.65. The molecule has 2 aromatic carbocycles. The second-order valence-electron chi connectivity index (χ2n) is 8.76. The minimum atomic E-state index is -4.77. The number of benzene rings is 2. The van der Waals surface area contributed by atoms with Crippen LogP contribution in [0, 0.1) is 11.8 Å². The fourth-order valence-corrected chi connectivity index (χ4v) is 5.09. The summed E-state index contributed by atoms with van der Waals surface area (Å²) >= 11 is 1.42. The van der Waals surface area contributed by atoms with Gasteiger partial charge in [-0.25, -0.2) is 4.98 Å². The molecule has 6 nitrogen and oxygen atoms in total. The number of hydrogen-bond donors (Lipinski definition) is 1. The van der Waals surface area contributed by atoms with Gasteiger partial charge >= 0.3 is 6.36 Å². The summed E-state index contributed by atoms with van der Waals surface area (Å²) in [4.78, 5) is 31.5. The topological polar surface area (TPSA) is 71.5 Å². The summed E-state index contributed by atoms with van der Waals surface area (Å²) in [7, 11) is 0. The largest absolute Gasteiger partial charge is 0.573 e. The number of para-hydroxylation sites is 1. The van der Waals surface area contributed by atoms with E-state index in [9.17, 15) is 22.8 Å². The number of nitrogens with zero attached hydrogens (tertiary/aromatic N) is 2. The maximum atomic E-state index is 13.0.